The van der Waals surface area contributed by atoms with Crippen molar-refractivity contribution in [2.75, 3.05) is 0 Å². The Kier molecular flexibility index (Phi) is 4.62. The lowest BCUT2D eigenvalue weighted by atomic mass is 10.1. The average Bonchev–Trinajstić information content (AvgIpc) is 2.50. The summed E-state index contributed by atoms with van der Waals surface area (Å²) in [7, 11) is 0. The van der Waals surface area contributed by atoms with Gasteiger partial charge in [0, 0.05) is 12.1 Å². The monoisotopic (exact) mass is 286 g/mol. The summed E-state index contributed by atoms with van der Waals surface area (Å²) in [6, 6.07) is 12.5. The molecule has 0 spiro atoms. The second-order valence-corrected chi connectivity index (χ2v) is 4.48. The highest BCUT2D eigenvalue weighted by molar-refractivity contribution is 5.78. The van der Waals surface area contributed by atoms with Crippen LogP contribution in [0.2, 0.25) is 0 Å². The number of halogens is 2. The molecule has 1 amide bonds. The number of hydrogen-bond acceptors (Lipinski definition) is 2. The van der Waals surface area contributed by atoms with Gasteiger partial charge in [-0.3, -0.25) is 4.79 Å². The van der Waals surface area contributed by atoms with Crippen molar-refractivity contribution in [1.29, 1.82) is 5.26 Å². The molecule has 0 aliphatic rings. The van der Waals surface area contributed by atoms with Crippen LogP contribution in [0, 0.1) is 23.0 Å². The fourth-order valence-corrected chi connectivity index (χ4v) is 1.82. The molecular formula is C16H12F2N2O. The summed E-state index contributed by atoms with van der Waals surface area (Å²) in [5, 5.41) is 11.3. The maximum Gasteiger partial charge on any atom is 0.224 e. The van der Waals surface area contributed by atoms with E-state index in [-0.39, 0.29) is 18.5 Å². The molecule has 1 N–H and O–H groups in total. The van der Waals surface area contributed by atoms with E-state index in [4.69, 9.17) is 5.26 Å². The zero-order valence-corrected chi connectivity index (χ0v) is 11.1. The van der Waals surface area contributed by atoms with Crippen LogP contribution >= 0.6 is 0 Å². The highest BCUT2D eigenvalue weighted by atomic mass is 19.2. The lowest BCUT2D eigenvalue weighted by Gasteiger charge is -2.06. The molecule has 0 fully saturated rings. The molecule has 0 saturated carbocycles. The van der Waals surface area contributed by atoms with Gasteiger partial charge in [0.05, 0.1) is 18.1 Å². The van der Waals surface area contributed by atoms with Crippen LogP contribution in [-0.4, -0.2) is 5.91 Å². The number of amides is 1. The number of carbonyl (C=O) groups excluding carboxylic acids is 1. The third-order valence-corrected chi connectivity index (χ3v) is 2.96. The topological polar surface area (TPSA) is 52.9 Å². The van der Waals surface area contributed by atoms with E-state index in [0.717, 1.165) is 11.6 Å². The first-order valence-corrected chi connectivity index (χ1v) is 6.29. The summed E-state index contributed by atoms with van der Waals surface area (Å²) < 4.78 is 26.4. The predicted octanol–water partition coefficient (Wildman–Crippen LogP) is 2.70. The molecule has 21 heavy (non-hydrogen) atoms. The quantitative estimate of drug-likeness (QED) is 0.939. The van der Waals surface area contributed by atoms with Gasteiger partial charge < -0.3 is 5.32 Å². The Morgan fingerprint density at radius 2 is 1.86 bits per heavy atom. The van der Waals surface area contributed by atoms with E-state index in [1.807, 2.05) is 6.07 Å². The van der Waals surface area contributed by atoms with Gasteiger partial charge in [0.2, 0.25) is 5.91 Å². The maximum absolute atomic E-state index is 13.4. The van der Waals surface area contributed by atoms with E-state index >= 15 is 0 Å². The number of benzene rings is 2. The van der Waals surface area contributed by atoms with Gasteiger partial charge in [-0.1, -0.05) is 24.3 Å². The average molecular weight is 286 g/mol. The SMILES string of the molecule is N#Cc1ccc(CNC(=O)Cc2cccc(F)c2F)cc1. The summed E-state index contributed by atoms with van der Waals surface area (Å²) in [6.07, 6.45) is -0.222. The molecule has 2 rings (SSSR count). The minimum Gasteiger partial charge on any atom is -0.352 e. The Labute approximate surface area is 120 Å². The Hall–Kier alpha value is -2.74. The van der Waals surface area contributed by atoms with Gasteiger partial charge in [-0.2, -0.15) is 5.26 Å². The number of nitrogens with one attached hydrogen (secondary N) is 1. The van der Waals surface area contributed by atoms with Crippen molar-refractivity contribution in [3.8, 4) is 6.07 Å². The van der Waals surface area contributed by atoms with Crippen LogP contribution in [0.15, 0.2) is 42.5 Å². The third-order valence-electron chi connectivity index (χ3n) is 2.96. The van der Waals surface area contributed by atoms with Gasteiger partial charge in [-0.25, -0.2) is 8.78 Å². The first kappa shape index (κ1) is 14.7. The predicted molar refractivity (Wildman–Crippen MR) is 73.1 cm³/mol. The molecule has 0 unspecified atom stereocenters. The van der Waals surface area contributed by atoms with Gasteiger partial charge in [0.15, 0.2) is 11.6 Å². The van der Waals surface area contributed by atoms with Crippen LogP contribution in [0.25, 0.3) is 0 Å². The summed E-state index contributed by atoms with van der Waals surface area (Å²) >= 11 is 0. The first-order valence-electron chi connectivity index (χ1n) is 6.29. The number of nitriles is 1. The van der Waals surface area contributed by atoms with Gasteiger partial charge in [0.25, 0.3) is 0 Å². The Bertz CT molecular complexity index is 690. The van der Waals surface area contributed by atoms with Crippen molar-refractivity contribution in [3.63, 3.8) is 0 Å². The molecule has 0 saturated heterocycles. The highest BCUT2D eigenvalue weighted by Gasteiger charge is 2.11. The van der Waals surface area contributed by atoms with Crippen LogP contribution in [0.5, 0.6) is 0 Å². The molecule has 2 aromatic rings. The lowest BCUT2D eigenvalue weighted by Crippen LogP contribution is -2.25. The molecule has 0 aromatic heterocycles. The van der Waals surface area contributed by atoms with Gasteiger partial charge in [-0.05, 0) is 23.8 Å². The Morgan fingerprint density at radius 3 is 2.52 bits per heavy atom. The van der Waals surface area contributed by atoms with Crippen molar-refractivity contribution < 1.29 is 13.6 Å². The zero-order chi connectivity index (χ0) is 15.2. The number of nitrogens with zero attached hydrogens (tertiary/aromatic N) is 1. The molecule has 0 radical (unpaired) electrons. The number of hydrogen-bond donors (Lipinski definition) is 1. The molecule has 0 heterocycles. The Morgan fingerprint density at radius 1 is 1.14 bits per heavy atom. The standard InChI is InChI=1S/C16H12F2N2O/c17-14-3-1-2-13(16(14)18)8-15(21)20-10-12-6-4-11(9-19)5-7-12/h1-7H,8,10H2,(H,20,21). The summed E-state index contributed by atoms with van der Waals surface area (Å²) in [5.74, 6) is -2.36. The molecule has 3 nitrogen and oxygen atoms in total. The van der Waals surface area contributed by atoms with E-state index in [2.05, 4.69) is 5.32 Å². The molecule has 0 aliphatic carbocycles. The van der Waals surface area contributed by atoms with Gasteiger partial charge in [0.1, 0.15) is 0 Å². The van der Waals surface area contributed by atoms with E-state index in [1.54, 1.807) is 24.3 Å². The maximum atomic E-state index is 13.4. The number of rotatable bonds is 4. The van der Waals surface area contributed by atoms with E-state index in [1.165, 1.54) is 12.1 Å². The molecule has 2 aromatic carbocycles. The summed E-state index contributed by atoms with van der Waals surface area (Å²) in [5.41, 5.74) is 1.38. The molecule has 0 bridgehead atoms. The van der Waals surface area contributed by atoms with Crippen LogP contribution in [0.4, 0.5) is 8.78 Å². The van der Waals surface area contributed by atoms with E-state index < -0.39 is 17.5 Å². The molecular weight excluding hydrogens is 274 g/mol. The fourth-order valence-electron chi connectivity index (χ4n) is 1.82. The van der Waals surface area contributed by atoms with Crippen LogP contribution in [-0.2, 0) is 17.8 Å². The minimum absolute atomic E-state index is 0.0207. The smallest absolute Gasteiger partial charge is 0.224 e. The van der Waals surface area contributed by atoms with Gasteiger partial charge >= 0.3 is 0 Å². The van der Waals surface area contributed by atoms with Crippen molar-refractivity contribution in [1.82, 2.24) is 5.32 Å². The second kappa shape index (κ2) is 6.62. The van der Waals surface area contributed by atoms with Crippen molar-refractivity contribution in [3.05, 3.63) is 70.8 Å². The van der Waals surface area contributed by atoms with Crippen molar-refractivity contribution >= 4 is 5.91 Å². The van der Waals surface area contributed by atoms with E-state index in [9.17, 15) is 13.6 Å². The molecule has 0 atom stereocenters. The van der Waals surface area contributed by atoms with Crippen LogP contribution in [0.1, 0.15) is 16.7 Å². The van der Waals surface area contributed by atoms with Crippen LogP contribution in [0.3, 0.4) is 0 Å². The molecule has 0 aliphatic heterocycles. The van der Waals surface area contributed by atoms with E-state index in [0.29, 0.717) is 5.56 Å². The Balaban J connectivity index is 1.93. The third kappa shape index (κ3) is 3.86. The van der Waals surface area contributed by atoms with Crippen molar-refractivity contribution in [2.45, 2.75) is 13.0 Å². The highest BCUT2D eigenvalue weighted by Crippen LogP contribution is 2.12. The second-order valence-electron chi connectivity index (χ2n) is 4.48. The number of carbonyl (C=O) groups is 1. The van der Waals surface area contributed by atoms with Crippen molar-refractivity contribution in [2.24, 2.45) is 0 Å². The first-order chi connectivity index (χ1) is 10.1. The largest absolute Gasteiger partial charge is 0.352 e. The lowest BCUT2D eigenvalue weighted by molar-refractivity contribution is -0.120. The zero-order valence-electron chi connectivity index (χ0n) is 11.1. The van der Waals surface area contributed by atoms with Crippen LogP contribution < -0.4 is 5.32 Å². The molecule has 5 heteroatoms. The normalized spacial score (nSPS) is 9.95. The fraction of sp³-hybridized carbons (Fsp3) is 0.125. The summed E-state index contributed by atoms with van der Waals surface area (Å²) in [4.78, 5) is 11.7. The van der Waals surface area contributed by atoms with Gasteiger partial charge in [-0.15, -0.1) is 0 Å². The summed E-state index contributed by atoms with van der Waals surface area (Å²) in [6.45, 7) is 0.265. The molecule has 106 valence electrons. The minimum atomic E-state index is -0.994.